The van der Waals surface area contributed by atoms with Gasteiger partial charge < -0.3 is 0 Å². The summed E-state index contributed by atoms with van der Waals surface area (Å²) in [4.78, 5) is 4.33. The molecule has 0 amide bonds. The molecule has 0 unspecified atom stereocenters. The van der Waals surface area contributed by atoms with Crippen LogP contribution in [0, 0.1) is 11.7 Å². The molecule has 5 heteroatoms. The lowest BCUT2D eigenvalue weighted by Gasteiger charge is -2.07. The second-order valence-corrected chi connectivity index (χ2v) is 4.15. The van der Waals surface area contributed by atoms with Crippen LogP contribution in [0.15, 0.2) is 36.5 Å². The molecule has 4 nitrogen and oxygen atoms in total. The maximum absolute atomic E-state index is 5.24. The van der Waals surface area contributed by atoms with Crippen LogP contribution in [-0.2, 0) is 0 Å². The normalized spacial score (nSPS) is 10.9. The fourth-order valence-electron chi connectivity index (χ4n) is 1.94. The van der Waals surface area contributed by atoms with Gasteiger partial charge in [-0.3, -0.25) is 14.6 Å². The largest absolute Gasteiger partial charge is 0.272 e. The van der Waals surface area contributed by atoms with Gasteiger partial charge >= 0.3 is 0 Å². The summed E-state index contributed by atoms with van der Waals surface area (Å²) in [6.45, 7) is 1.92. The van der Waals surface area contributed by atoms with Gasteiger partial charge in [-0.25, -0.2) is 0 Å². The smallest absolute Gasteiger partial charge is 0.199 e. The number of aromatic nitrogens is 4. The van der Waals surface area contributed by atoms with E-state index in [-0.39, 0.29) is 0 Å². The molecule has 0 aliphatic rings. The minimum absolute atomic E-state index is 0.596. The lowest BCUT2D eigenvalue weighted by Crippen LogP contribution is -1.98. The number of H-pyrrole nitrogens is 1. The zero-order valence-corrected chi connectivity index (χ0v) is 10.0. The van der Waals surface area contributed by atoms with Gasteiger partial charge in [-0.15, -0.1) is 0 Å². The number of pyridine rings is 1. The van der Waals surface area contributed by atoms with Crippen molar-refractivity contribution in [3.8, 4) is 5.69 Å². The Balaban J connectivity index is 2.43. The van der Waals surface area contributed by atoms with E-state index in [2.05, 4.69) is 15.2 Å². The molecule has 0 radical (unpaired) electrons. The first-order chi connectivity index (χ1) is 8.27. The summed E-state index contributed by atoms with van der Waals surface area (Å²) >= 11 is 5.24. The van der Waals surface area contributed by atoms with Gasteiger partial charge in [0.25, 0.3) is 0 Å². The van der Waals surface area contributed by atoms with Gasteiger partial charge in [0, 0.05) is 11.6 Å². The molecule has 1 aromatic carbocycles. The monoisotopic (exact) mass is 242 g/mol. The molecule has 17 heavy (non-hydrogen) atoms. The molecule has 0 fully saturated rings. The van der Waals surface area contributed by atoms with Crippen molar-refractivity contribution in [1.82, 2.24) is 19.7 Å². The summed E-state index contributed by atoms with van der Waals surface area (Å²) in [5.41, 5.74) is 1.96. The molecule has 0 aliphatic carbocycles. The van der Waals surface area contributed by atoms with E-state index in [1.807, 2.05) is 41.8 Å². The Bertz CT molecular complexity index is 736. The van der Waals surface area contributed by atoms with E-state index in [9.17, 15) is 0 Å². The number of aryl methyl sites for hydroxylation is 1. The van der Waals surface area contributed by atoms with Crippen molar-refractivity contribution in [3.63, 3.8) is 0 Å². The maximum Gasteiger partial charge on any atom is 0.199 e. The van der Waals surface area contributed by atoms with Crippen molar-refractivity contribution in [2.24, 2.45) is 0 Å². The van der Waals surface area contributed by atoms with E-state index < -0.39 is 0 Å². The summed E-state index contributed by atoms with van der Waals surface area (Å²) < 4.78 is 2.51. The quantitative estimate of drug-likeness (QED) is 0.667. The SMILES string of the molecule is Cc1n[nH]c(=S)n1-c1cccc2ncccc12. The van der Waals surface area contributed by atoms with E-state index in [4.69, 9.17) is 12.2 Å². The van der Waals surface area contributed by atoms with E-state index >= 15 is 0 Å². The van der Waals surface area contributed by atoms with Gasteiger partial charge in [-0.05, 0) is 43.4 Å². The Morgan fingerprint density at radius 3 is 2.88 bits per heavy atom. The van der Waals surface area contributed by atoms with Gasteiger partial charge in [-0.2, -0.15) is 5.10 Å². The highest BCUT2D eigenvalue weighted by atomic mass is 32.1. The zero-order valence-electron chi connectivity index (χ0n) is 9.21. The van der Waals surface area contributed by atoms with Crippen molar-refractivity contribution in [2.45, 2.75) is 6.92 Å². The molecule has 3 aromatic rings. The van der Waals surface area contributed by atoms with Crippen LogP contribution in [-0.4, -0.2) is 19.7 Å². The summed E-state index contributed by atoms with van der Waals surface area (Å²) in [6.07, 6.45) is 1.79. The third-order valence-electron chi connectivity index (χ3n) is 2.70. The Morgan fingerprint density at radius 1 is 1.24 bits per heavy atom. The third kappa shape index (κ3) is 1.55. The molecule has 0 atom stereocenters. The number of aromatic amines is 1. The minimum atomic E-state index is 0.596. The van der Waals surface area contributed by atoms with Crippen LogP contribution < -0.4 is 0 Å². The molecule has 1 N–H and O–H groups in total. The fraction of sp³-hybridized carbons (Fsp3) is 0.0833. The van der Waals surface area contributed by atoms with Crippen molar-refractivity contribution in [1.29, 1.82) is 0 Å². The number of nitrogens with one attached hydrogen (secondary N) is 1. The Hall–Kier alpha value is -2.01. The maximum atomic E-state index is 5.24. The number of nitrogens with zero attached hydrogens (tertiary/aromatic N) is 3. The molecular formula is C12H10N4S. The Morgan fingerprint density at radius 2 is 2.12 bits per heavy atom. The molecule has 3 rings (SSSR count). The van der Waals surface area contributed by atoms with E-state index in [0.29, 0.717) is 4.77 Å². The first-order valence-electron chi connectivity index (χ1n) is 5.25. The van der Waals surface area contributed by atoms with Gasteiger partial charge in [0.2, 0.25) is 0 Å². The van der Waals surface area contributed by atoms with E-state index in [0.717, 1.165) is 22.4 Å². The first kappa shape index (κ1) is 10.2. The third-order valence-corrected chi connectivity index (χ3v) is 2.98. The minimum Gasteiger partial charge on any atom is -0.272 e. The highest BCUT2D eigenvalue weighted by Crippen LogP contribution is 2.21. The predicted octanol–water partition coefficient (Wildman–Crippen LogP) is 2.79. The molecular weight excluding hydrogens is 232 g/mol. The molecule has 0 spiro atoms. The molecule has 0 bridgehead atoms. The molecule has 0 aliphatic heterocycles. The predicted molar refractivity (Wildman–Crippen MR) is 68.8 cm³/mol. The van der Waals surface area contributed by atoms with Crippen LogP contribution in [0.4, 0.5) is 0 Å². The first-order valence-corrected chi connectivity index (χ1v) is 5.66. The number of rotatable bonds is 1. The number of hydrogen-bond donors (Lipinski definition) is 1. The van der Waals surface area contributed by atoms with Crippen molar-refractivity contribution < 1.29 is 0 Å². The van der Waals surface area contributed by atoms with Crippen molar-refractivity contribution in [3.05, 3.63) is 47.1 Å². The highest BCUT2D eigenvalue weighted by Gasteiger charge is 2.07. The highest BCUT2D eigenvalue weighted by molar-refractivity contribution is 7.71. The number of benzene rings is 1. The molecule has 0 saturated carbocycles. The second kappa shape index (κ2) is 3.78. The van der Waals surface area contributed by atoms with Crippen LogP contribution in [0.25, 0.3) is 16.6 Å². The summed E-state index contributed by atoms with van der Waals surface area (Å²) in [7, 11) is 0. The second-order valence-electron chi connectivity index (χ2n) is 3.76. The molecule has 84 valence electrons. The summed E-state index contributed by atoms with van der Waals surface area (Å²) in [5.74, 6) is 0.839. The van der Waals surface area contributed by atoms with Crippen molar-refractivity contribution in [2.75, 3.05) is 0 Å². The number of hydrogen-bond acceptors (Lipinski definition) is 3. The summed E-state index contributed by atoms with van der Waals surface area (Å²) in [6, 6.07) is 9.93. The molecule has 2 aromatic heterocycles. The summed E-state index contributed by atoms with van der Waals surface area (Å²) in [5, 5.41) is 7.99. The van der Waals surface area contributed by atoms with Gasteiger partial charge in [0.1, 0.15) is 5.82 Å². The lowest BCUT2D eigenvalue weighted by molar-refractivity contribution is 0.970. The van der Waals surface area contributed by atoms with Crippen LogP contribution in [0.5, 0.6) is 0 Å². The average molecular weight is 242 g/mol. The Labute approximate surface area is 103 Å². The van der Waals surface area contributed by atoms with Crippen LogP contribution in [0.2, 0.25) is 0 Å². The van der Waals surface area contributed by atoms with Gasteiger partial charge in [0.05, 0.1) is 11.2 Å². The topological polar surface area (TPSA) is 46.5 Å². The average Bonchev–Trinajstić information content (AvgIpc) is 2.69. The zero-order chi connectivity index (χ0) is 11.8. The number of fused-ring (bicyclic) bond motifs is 1. The molecule has 2 heterocycles. The van der Waals surface area contributed by atoms with Crippen molar-refractivity contribution >= 4 is 23.1 Å². The van der Waals surface area contributed by atoms with Gasteiger partial charge in [-0.1, -0.05) is 6.07 Å². The lowest BCUT2D eigenvalue weighted by atomic mass is 10.2. The molecule has 0 saturated heterocycles. The van der Waals surface area contributed by atoms with Crippen LogP contribution >= 0.6 is 12.2 Å². The van der Waals surface area contributed by atoms with Gasteiger partial charge in [0.15, 0.2) is 4.77 Å². The van der Waals surface area contributed by atoms with Crippen LogP contribution in [0.3, 0.4) is 0 Å². The Kier molecular flexibility index (Phi) is 2.26. The van der Waals surface area contributed by atoms with E-state index in [1.54, 1.807) is 6.20 Å². The standard InChI is InChI=1S/C12H10N4S/c1-8-14-15-12(17)16(8)11-6-2-5-10-9(11)4-3-7-13-10/h2-7H,1H3,(H,15,17). The van der Waals surface area contributed by atoms with Crippen LogP contribution in [0.1, 0.15) is 5.82 Å². The fourth-order valence-corrected chi connectivity index (χ4v) is 2.22. The van der Waals surface area contributed by atoms with E-state index in [1.165, 1.54) is 0 Å².